The predicted octanol–water partition coefficient (Wildman–Crippen LogP) is 2.22. The molecule has 0 amide bonds. The molecule has 0 saturated carbocycles. The lowest BCUT2D eigenvalue weighted by molar-refractivity contribution is -0.172. The van der Waals surface area contributed by atoms with Crippen molar-refractivity contribution in [1.82, 2.24) is 9.55 Å². The lowest BCUT2D eigenvalue weighted by Gasteiger charge is -2.32. The van der Waals surface area contributed by atoms with Gasteiger partial charge in [-0.2, -0.15) is 0 Å². The number of carbonyl (C=O) groups excluding carboxylic acids is 1. The number of hydrogen-bond donors (Lipinski definition) is 1. The number of aliphatic hydroxyl groups is 1. The lowest BCUT2D eigenvalue weighted by atomic mass is 9.86. The second-order valence-corrected chi connectivity index (χ2v) is 7.09. The molecule has 5 rings (SSSR count). The summed E-state index contributed by atoms with van der Waals surface area (Å²) in [6, 6.07) is 11.3. The Labute approximate surface area is 160 Å². The van der Waals surface area contributed by atoms with Crippen LogP contribution in [0.5, 0.6) is 0 Å². The molecule has 2 unspecified atom stereocenters. The number of benzene rings is 1. The van der Waals surface area contributed by atoms with Gasteiger partial charge in [0.15, 0.2) is 11.8 Å². The highest BCUT2D eigenvalue weighted by molar-refractivity contribution is 5.86. The summed E-state index contributed by atoms with van der Waals surface area (Å²) in [7, 11) is 1.53. The highest BCUT2D eigenvalue weighted by Crippen LogP contribution is 2.42. The number of fused-ring (bicyclic) bond motifs is 5. The number of methoxy groups -OCH3 is 1. The third kappa shape index (κ3) is 2.03. The van der Waals surface area contributed by atoms with E-state index >= 15 is 0 Å². The molecule has 1 N–H and O–H groups in total. The molecule has 0 radical (unpaired) electrons. The van der Waals surface area contributed by atoms with Gasteiger partial charge in [-0.05, 0) is 24.6 Å². The van der Waals surface area contributed by atoms with Crippen molar-refractivity contribution >= 4 is 16.9 Å². The Kier molecular flexibility index (Phi) is 3.50. The summed E-state index contributed by atoms with van der Waals surface area (Å²) >= 11 is 0. The van der Waals surface area contributed by atoms with Gasteiger partial charge in [0.2, 0.25) is 0 Å². The van der Waals surface area contributed by atoms with Gasteiger partial charge >= 0.3 is 5.97 Å². The second-order valence-electron chi connectivity index (χ2n) is 7.09. The molecule has 0 saturated heterocycles. The quantitative estimate of drug-likeness (QED) is 0.688. The highest BCUT2D eigenvalue weighted by atomic mass is 16.6. The highest BCUT2D eigenvalue weighted by Gasteiger charge is 2.46. The molecule has 0 spiro atoms. The van der Waals surface area contributed by atoms with Gasteiger partial charge in [-0.25, -0.2) is 9.78 Å². The van der Waals surface area contributed by atoms with Crippen molar-refractivity contribution in [3.8, 4) is 11.4 Å². The van der Waals surface area contributed by atoms with Gasteiger partial charge in [0.05, 0.1) is 22.5 Å². The van der Waals surface area contributed by atoms with Crippen LogP contribution in [0.25, 0.3) is 22.3 Å². The van der Waals surface area contributed by atoms with E-state index in [4.69, 9.17) is 14.5 Å². The van der Waals surface area contributed by atoms with Crippen LogP contribution in [0.3, 0.4) is 0 Å². The second kappa shape index (κ2) is 5.73. The molecule has 28 heavy (non-hydrogen) atoms. The molecular weight excluding hydrogens is 360 g/mol. The maximum atomic E-state index is 13.3. The van der Waals surface area contributed by atoms with Gasteiger partial charge in [0.25, 0.3) is 5.56 Å². The molecule has 2 atom stereocenters. The first-order valence-corrected chi connectivity index (χ1v) is 9.11. The van der Waals surface area contributed by atoms with Gasteiger partial charge in [-0.3, -0.25) is 9.36 Å². The van der Waals surface area contributed by atoms with Gasteiger partial charge in [-0.1, -0.05) is 25.1 Å². The maximum Gasteiger partial charge on any atom is 0.343 e. The molecule has 7 heteroatoms. The topological polar surface area (TPSA) is 90.7 Å². The Morgan fingerprint density at radius 1 is 1.32 bits per heavy atom. The van der Waals surface area contributed by atoms with E-state index in [1.54, 1.807) is 13.0 Å². The number of ether oxygens (including phenoxy) is 2. The van der Waals surface area contributed by atoms with E-state index in [1.165, 1.54) is 11.7 Å². The number of hydrogen-bond acceptors (Lipinski definition) is 6. The smallest absolute Gasteiger partial charge is 0.343 e. The molecule has 2 aliphatic rings. The minimum Gasteiger partial charge on any atom is -0.458 e. The average molecular weight is 378 g/mol. The number of para-hydroxylation sites is 1. The van der Waals surface area contributed by atoms with Crippen molar-refractivity contribution in [1.29, 1.82) is 0 Å². The van der Waals surface area contributed by atoms with Crippen molar-refractivity contribution < 1.29 is 19.4 Å². The Morgan fingerprint density at radius 3 is 2.86 bits per heavy atom. The lowest BCUT2D eigenvalue weighted by Crippen LogP contribution is -2.44. The summed E-state index contributed by atoms with van der Waals surface area (Å²) in [4.78, 5) is 30.3. The van der Waals surface area contributed by atoms with Gasteiger partial charge < -0.3 is 14.6 Å². The molecule has 142 valence electrons. The minimum absolute atomic E-state index is 0.105. The molecule has 2 aliphatic heterocycles. The van der Waals surface area contributed by atoms with E-state index in [9.17, 15) is 14.7 Å². The summed E-state index contributed by atoms with van der Waals surface area (Å²) < 4.78 is 12.3. The van der Waals surface area contributed by atoms with E-state index < -0.39 is 17.8 Å². The van der Waals surface area contributed by atoms with E-state index in [0.717, 1.165) is 16.5 Å². The Hall–Kier alpha value is -3.03. The van der Waals surface area contributed by atoms with E-state index in [0.29, 0.717) is 17.0 Å². The third-order valence-corrected chi connectivity index (χ3v) is 5.71. The van der Waals surface area contributed by atoms with Crippen molar-refractivity contribution in [2.24, 2.45) is 0 Å². The summed E-state index contributed by atoms with van der Waals surface area (Å²) in [6.07, 6.45) is -0.528. The average Bonchev–Trinajstić information content (AvgIpc) is 3.02. The largest absolute Gasteiger partial charge is 0.458 e. The maximum absolute atomic E-state index is 13.3. The van der Waals surface area contributed by atoms with Crippen molar-refractivity contribution in [2.75, 3.05) is 7.11 Å². The van der Waals surface area contributed by atoms with Crippen LogP contribution in [0.2, 0.25) is 0 Å². The van der Waals surface area contributed by atoms with Crippen LogP contribution in [-0.4, -0.2) is 27.7 Å². The molecule has 0 fully saturated rings. The number of cyclic esters (lactones) is 1. The van der Waals surface area contributed by atoms with Crippen LogP contribution in [0, 0.1) is 0 Å². The molecule has 3 aromatic rings. The molecule has 0 bridgehead atoms. The summed E-state index contributed by atoms with van der Waals surface area (Å²) in [5.74, 6) is -0.736. The van der Waals surface area contributed by atoms with Crippen LogP contribution in [0.4, 0.5) is 0 Å². The fourth-order valence-corrected chi connectivity index (χ4v) is 4.19. The SMILES string of the molecule is CCC1(O)C(=O)OCc2c1cc1n(c2=O)C(OC)c2cc3ccccc3nc2-1. The van der Waals surface area contributed by atoms with Crippen LogP contribution in [0.15, 0.2) is 41.2 Å². The number of nitrogens with zero attached hydrogens (tertiary/aromatic N) is 2. The third-order valence-electron chi connectivity index (χ3n) is 5.71. The van der Waals surface area contributed by atoms with Crippen molar-refractivity contribution in [3.63, 3.8) is 0 Å². The normalized spacial score (nSPS) is 22.5. The summed E-state index contributed by atoms with van der Waals surface area (Å²) in [5.41, 5.74) is 1.08. The fraction of sp³-hybridized carbons (Fsp3) is 0.286. The monoisotopic (exact) mass is 378 g/mol. The first kappa shape index (κ1) is 17.1. The Balaban J connectivity index is 1.86. The first-order valence-electron chi connectivity index (χ1n) is 9.11. The molecule has 2 aromatic heterocycles. The summed E-state index contributed by atoms with van der Waals surface area (Å²) in [6.45, 7) is 1.51. The number of esters is 1. The van der Waals surface area contributed by atoms with Crippen molar-refractivity contribution in [2.45, 2.75) is 31.8 Å². The van der Waals surface area contributed by atoms with E-state index in [-0.39, 0.29) is 24.2 Å². The number of rotatable bonds is 2. The minimum atomic E-state index is -1.84. The van der Waals surface area contributed by atoms with Crippen LogP contribution in [-0.2, 0) is 26.5 Å². The molecule has 0 aliphatic carbocycles. The predicted molar refractivity (Wildman–Crippen MR) is 101 cm³/mol. The fourth-order valence-electron chi connectivity index (χ4n) is 4.19. The van der Waals surface area contributed by atoms with Crippen LogP contribution >= 0.6 is 0 Å². The Morgan fingerprint density at radius 2 is 2.11 bits per heavy atom. The van der Waals surface area contributed by atoms with E-state index in [2.05, 4.69) is 0 Å². The van der Waals surface area contributed by atoms with Gasteiger partial charge in [0.1, 0.15) is 6.61 Å². The zero-order valence-electron chi connectivity index (χ0n) is 15.4. The number of pyridine rings is 2. The number of aromatic nitrogens is 2. The standard InChI is InChI=1S/C21H18N2O5/c1-3-21(26)14-9-16-17-12(8-11-6-4-5-7-15(11)22-17)19(27-2)23(16)18(24)13(14)10-28-20(21)25/h4-9,19,26H,3,10H2,1-2H3. The first-order chi connectivity index (χ1) is 13.5. The molecule has 4 heterocycles. The molecule has 1 aromatic carbocycles. The van der Waals surface area contributed by atoms with E-state index in [1.807, 2.05) is 30.3 Å². The zero-order chi connectivity index (χ0) is 19.6. The van der Waals surface area contributed by atoms with Gasteiger partial charge in [-0.15, -0.1) is 0 Å². The number of carbonyl (C=O) groups is 1. The zero-order valence-corrected chi connectivity index (χ0v) is 15.4. The summed E-state index contributed by atoms with van der Waals surface area (Å²) in [5, 5.41) is 11.9. The Bertz CT molecular complexity index is 1220. The van der Waals surface area contributed by atoms with Crippen LogP contribution < -0.4 is 5.56 Å². The van der Waals surface area contributed by atoms with Crippen molar-refractivity contribution in [3.05, 3.63) is 63.4 Å². The molecule has 7 nitrogen and oxygen atoms in total. The van der Waals surface area contributed by atoms with Crippen LogP contribution in [0.1, 0.15) is 36.3 Å². The molecular formula is C21H18N2O5. The van der Waals surface area contributed by atoms with Gasteiger partial charge in [0, 0.05) is 23.6 Å².